The Morgan fingerprint density at radius 1 is 1.06 bits per heavy atom. The molecule has 4 nitrogen and oxygen atoms in total. The Bertz CT molecular complexity index is 221. The first-order chi connectivity index (χ1) is 7.22. The van der Waals surface area contributed by atoms with Crippen LogP contribution in [0.3, 0.4) is 0 Å². The zero-order valence-electron chi connectivity index (χ0n) is 11.3. The number of hydrogen-bond donors (Lipinski definition) is 0. The van der Waals surface area contributed by atoms with Crippen LogP contribution in [-0.4, -0.2) is 23.8 Å². The van der Waals surface area contributed by atoms with Gasteiger partial charge in [0.15, 0.2) is 0 Å². The quantitative estimate of drug-likeness (QED) is 0.384. The molecule has 0 amide bonds. The Kier molecular flexibility index (Phi) is 5.97. The molecule has 0 radical (unpaired) electrons. The third-order valence-electron chi connectivity index (χ3n) is 1.93. The van der Waals surface area contributed by atoms with Gasteiger partial charge >= 0.3 is 5.97 Å². The number of hydrogen-bond acceptors (Lipinski definition) is 4. The van der Waals surface area contributed by atoms with Crippen molar-refractivity contribution in [1.82, 2.24) is 0 Å². The second-order valence-electron chi connectivity index (χ2n) is 5.01. The summed E-state index contributed by atoms with van der Waals surface area (Å²) < 4.78 is 5.33. The topological polar surface area (TPSA) is 44.8 Å². The van der Waals surface area contributed by atoms with E-state index in [-0.39, 0.29) is 5.97 Å². The van der Waals surface area contributed by atoms with Crippen LogP contribution >= 0.6 is 0 Å². The zero-order chi connectivity index (χ0) is 12.8. The van der Waals surface area contributed by atoms with E-state index in [2.05, 4.69) is 0 Å². The lowest BCUT2D eigenvalue weighted by Crippen LogP contribution is -2.38. The van der Waals surface area contributed by atoms with Gasteiger partial charge in [0.25, 0.3) is 0 Å². The van der Waals surface area contributed by atoms with E-state index in [1.807, 2.05) is 34.6 Å². The average molecular weight is 232 g/mol. The SMILES string of the molecule is CCOOC(C)(C)CC(C)(C)OC(=O)CC. The first-order valence-electron chi connectivity index (χ1n) is 5.75. The van der Waals surface area contributed by atoms with Gasteiger partial charge in [0.2, 0.25) is 0 Å². The Morgan fingerprint density at radius 2 is 1.62 bits per heavy atom. The molecular weight excluding hydrogens is 208 g/mol. The van der Waals surface area contributed by atoms with Gasteiger partial charge < -0.3 is 4.74 Å². The zero-order valence-corrected chi connectivity index (χ0v) is 11.3. The molecule has 0 aliphatic carbocycles. The van der Waals surface area contributed by atoms with Gasteiger partial charge in [0, 0.05) is 12.8 Å². The highest BCUT2D eigenvalue weighted by Crippen LogP contribution is 2.26. The molecule has 0 aliphatic rings. The first kappa shape index (κ1) is 15.4. The van der Waals surface area contributed by atoms with Gasteiger partial charge in [-0.25, -0.2) is 9.78 Å². The molecule has 0 fully saturated rings. The van der Waals surface area contributed by atoms with Crippen molar-refractivity contribution in [2.75, 3.05) is 6.61 Å². The number of carbonyl (C=O) groups excluding carboxylic acids is 1. The minimum absolute atomic E-state index is 0.197. The van der Waals surface area contributed by atoms with Crippen molar-refractivity contribution < 1.29 is 19.3 Å². The molecule has 0 aromatic carbocycles. The van der Waals surface area contributed by atoms with E-state index in [0.717, 1.165) is 0 Å². The monoisotopic (exact) mass is 232 g/mol. The van der Waals surface area contributed by atoms with Gasteiger partial charge in [-0.05, 0) is 34.6 Å². The highest BCUT2D eigenvalue weighted by atomic mass is 17.2. The van der Waals surface area contributed by atoms with Crippen molar-refractivity contribution in [2.45, 2.75) is 65.6 Å². The molecule has 96 valence electrons. The lowest BCUT2D eigenvalue weighted by atomic mass is 9.92. The molecule has 0 rings (SSSR count). The van der Waals surface area contributed by atoms with Gasteiger partial charge in [0.1, 0.15) is 11.2 Å². The number of ether oxygens (including phenoxy) is 1. The molecule has 0 saturated carbocycles. The van der Waals surface area contributed by atoms with E-state index in [0.29, 0.717) is 19.4 Å². The summed E-state index contributed by atoms with van der Waals surface area (Å²) in [5.41, 5.74) is -1.03. The second kappa shape index (κ2) is 6.21. The summed E-state index contributed by atoms with van der Waals surface area (Å²) in [6.45, 7) is 11.7. The second-order valence-corrected chi connectivity index (χ2v) is 5.01. The summed E-state index contributed by atoms with van der Waals surface area (Å²) in [5, 5.41) is 0. The van der Waals surface area contributed by atoms with Gasteiger partial charge in [-0.1, -0.05) is 6.92 Å². The molecule has 0 heterocycles. The molecule has 0 spiro atoms. The molecular formula is C12H24O4. The highest BCUT2D eigenvalue weighted by molar-refractivity contribution is 5.69. The van der Waals surface area contributed by atoms with E-state index in [1.165, 1.54) is 0 Å². The van der Waals surface area contributed by atoms with Crippen molar-refractivity contribution >= 4 is 5.97 Å². The van der Waals surface area contributed by atoms with Crippen LogP contribution in [0.15, 0.2) is 0 Å². The van der Waals surface area contributed by atoms with Crippen LogP contribution in [0.5, 0.6) is 0 Å². The molecule has 0 bridgehead atoms. The summed E-state index contributed by atoms with van der Waals surface area (Å²) >= 11 is 0. The van der Waals surface area contributed by atoms with Crippen LogP contribution in [0.25, 0.3) is 0 Å². The lowest BCUT2D eigenvalue weighted by Gasteiger charge is -2.33. The van der Waals surface area contributed by atoms with Gasteiger partial charge in [0.05, 0.1) is 6.61 Å². The normalized spacial score (nSPS) is 12.6. The molecule has 0 aromatic rings. The first-order valence-corrected chi connectivity index (χ1v) is 5.75. The Balaban J connectivity index is 4.27. The van der Waals surface area contributed by atoms with Crippen LogP contribution in [0.2, 0.25) is 0 Å². The van der Waals surface area contributed by atoms with Crippen molar-refractivity contribution in [2.24, 2.45) is 0 Å². The van der Waals surface area contributed by atoms with Crippen molar-refractivity contribution in [3.05, 3.63) is 0 Å². The summed E-state index contributed by atoms with van der Waals surface area (Å²) in [4.78, 5) is 21.4. The van der Waals surface area contributed by atoms with Crippen LogP contribution in [-0.2, 0) is 19.3 Å². The van der Waals surface area contributed by atoms with Crippen LogP contribution in [0, 0.1) is 0 Å². The van der Waals surface area contributed by atoms with Crippen molar-refractivity contribution in [3.8, 4) is 0 Å². The summed E-state index contributed by atoms with van der Waals surface area (Å²) in [6.07, 6.45) is 0.960. The number of carbonyl (C=O) groups is 1. The molecule has 0 saturated heterocycles. The van der Waals surface area contributed by atoms with Gasteiger partial charge in [-0.2, -0.15) is 0 Å². The Labute approximate surface area is 98.2 Å². The maximum absolute atomic E-state index is 11.2. The van der Waals surface area contributed by atoms with E-state index in [1.54, 1.807) is 6.92 Å². The summed E-state index contributed by atoms with van der Waals surface area (Å²) in [6, 6.07) is 0. The van der Waals surface area contributed by atoms with Gasteiger partial charge in [-0.3, -0.25) is 4.79 Å². The van der Waals surface area contributed by atoms with Crippen molar-refractivity contribution in [3.63, 3.8) is 0 Å². The van der Waals surface area contributed by atoms with Crippen LogP contribution in [0.4, 0.5) is 0 Å². The van der Waals surface area contributed by atoms with E-state index < -0.39 is 11.2 Å². The molecule has 0 N–H and O–H groups in total. The maximum Gasteiger partial charge on any atom is 0.306 e. The minimum Gasteiger partial charge on any atom is -0.460 e. The standard InChI is InChI=1S/C12H24O4/c1-7-10(13)15-11(3,4)9-12(5,6)16-14-8-2/h7-9H2,1-6H3. The van der Waals surface area contributed by atoms with Crippen molar-refractivity contribution in [1.29, 1.82) is 0 Å². The number of esters is 1. The predicted octanol–water partition coefficient (Wildman–Crippen LogP) is 2.86. The molecule has 0 aliphatic heterocycles. The smallest absolute Gasteiger partial charge is 0.306 e. The summed E-state index contributed by atoms with van der Waals surface area (Å²) in [5.74, 6) is -0.197. The van der Waals surface area contributed by atoms with Gasteiger partial charge in [-0.15, -0.1) is 0 Å². The fraction of sp³-hybridized carbons (Fsp3) is 0.917. The largest absolute Gasteiger partial charge is 0.460 e. The van der Waals surface area contributed by atoms with Crippen LogP contribution < -0.4 is 0 Å². The molecule has 16 heavy (non-hydrogen) atoms. The van der Waals surface area contributed by atoms with E-state index in [9.17, 15) is 4.79 Å². The average Bonchev–Trinajstić information content (AvgIpc) is 2.12. The fourth-order valence-electron chi connectivity index (χ4n) is 1.69. The third-order valence-corrected chi connectivity index (χ3v) is 1.93. The summed E-state index contributed by atoms with van der Waals surface area (Å²) in [7, 11) is 0. The molecule has 0 unspecified atom stereocenters. The Hall–Kier alpha value is -0.610. The Morgan fingerprint density at radius 3 is 2.06 bits per heavy atom. The minimum atomic E-state index is -0.548. The van der Waals surface area contributed by atoms with E-state index >= 15 is 0 Å². The lowest BCUT2D eigenvalue weighted by molar-refractivity contribution is -0.356. The number of rotatable bonds is 7. The maximum atomic E-state index is 11.2. The van der Waals surface area contributed by atoms with Crippen LogP contribution in [0.1, 0.15) is 54.4 Å². The highest BCUT2D eigenvalue weighted by Gasteiger charge is 2.33. The molecule has 0 atom stereocenters. The third kappa shape index (κ3) is 6.80. The fourth-order valence-corrected chi connectivity index (χ4v) is 1.69. The molecule has 4 heteroatoms. The van der Waals surface area contributed by atoms with E-state index in [4.69, 9.17) is 14.5 Å². The predicted molar refractivity (Wildman–Crippen MR) is 61.9 cm³/mol. The molecule has 0 aromatic heterocycles.